The Morgan fingerprint density at radius 2 is 1.89 bits per heavy atom. The second kappa shape index (κ2) is 5.32. The van der Waals surface area contributed by atoms with E-state index in [0.717, 1.165) is 11.3 Å². The molecule has 4 N–H and O–H groups in total. The summed E-state index contributed by atoms with van der Waals surface area (Å²) in [6, 6.07) is 6.18. The van der Waals surface area contributed by atoms with Gasteiger partial charge in [-0.05, 0) is 41.4 Å². The number of nitrogen functional groups attached to an aromatic ring is 1. The lowest BCUT2D eigenvalue weighted by Crippen LogP contribution is -2.10. The summed E-state index contributed by atoms with van der Waals surface area (Å²) < 4.78 is 0.701. The summed E-state index contributed by atoms with van der Waals surface area (Å²) in [6.45, 7) is 4.11. The molecular formula is C12H14BrN5. The fraction of sp³-hybridized carbons (Fsp3) is 0.167. The van der Waals surface area contributed by atoms with Gasteiger partial charge in [-0.15, -0.1) is 0 Å². The molecule has 0 aliphatic rings. The van der Waals surface area contributed by atoms with E-state index in [4.69, 9.17) is 5.84 Å². The summed E-state index contributed by atoms with van der Waals surface area (Å²) in [5.74, 6) is 6.57. The lowest BCUT2D eigenvalue weighted by Gasteiger charge is -2.12. The lowest BCUT2D eigenvalue weighted by atomic mass is 10.1. The van der Waals surface area contributed by atoms with Crippen molar-refractivity contribution in [2.75, 3.05) is 10.7 Å². The van der Waals surface area contributed by atoms with Gasteiger partial charge >= 0.3 is 0 Å². The molecule has 0 amide bonds. The second-order valence-electron chi connectivity index (χ2n) is 3.97. The average Bonchev–Trinajstić information content (AvgIpc) is 2.35. The molecule has 0 saturated heterocycles. The number of halogens is 1. The van der Waals surface area contributed by atoms with Gasteiger partial charge in [0.1, 0.15) is 16.6 Å². The Labute approximate surface area is 114 Å². The maximum absolute atomic E-state index is 5.36. The van der Waals surface area contributed by atoms with E-state index in [-0.39, 0.29) is 0 Å². The minimum atomic E-state index is 0.539. The van der Waals surface area contributed by atoms with Crippen LogP contribution < -0.4 is 16.6 Å². The van der Waals surface area contributed by atoms with Crippen LogP contribution in [0, 0.1) is 13.8 Å². The molecule has 6 heteroatoms. The summed E-state index contributed by atoms with van der Waals surface area (Å²) in [4.78, 5) is 8.18. The van der Waals surface area contributed by atoms with E-state index in [1.54, 1.807) is 0 Å². The van der Waals surface area contributed by atoms with Crippen LogP contribution in [0.25, 0.3) is 0 Å². The summed E-state index contributed by atoms with van der Waals surface area (Å²) >= 11 is 3.41. The van der Waals surface area contributed by atoms with Gasteiger partial charge < -0.3 is 10.7 Å². The summed E-state index contributed by atoms with van der Waals surface area (Å²) in [7, 11) is 0. The Morgan fingerprint density at radius 1 is 1.17 bits per heavy atom. The first-order chi connectivity index (χ1) is 8.61. The quantitative estimate of drug-likeness (QED) is 0.600. The van der Waals surface area contributed by atoms with Crippen LogP contribution in [0.15, 0.2) is 29.0 Å². The first-order valence-corrected chi connectivity index (χ1v) is 6.22. The molecule has 0 atom stereocenters. The molecule has 0 aliphatic heterocycles. The van der Waals surface area contributed by atoms with Crippen LogP contribution in [0.2, 0.25) is 0 Å². The highest BCUT2D eigenvalue weighted by molar-refractivity contribution is 9.10. The van der Waals surface area contributed by atoms with Gasteiger partial charge in [0.2, 0.25) is 0 Å². The molecule has 0 saturated carbocycles. The molecule has 0 radical (unpaired) electrons. The number of benzene rings is 1. The molecule has 94 valence electrons. The zero-order chi connectivity index (χ0) is 13.1. The van der Waals surface area contributed by atoms with Crippen LogP contribution >= 0.6 is 15.9 Å². The van der Waals surface area contributed by atoms with Gasteiger partial charge in [0.25, 0.3) is 0 Å². The molecule has 0 fully saturated rings. The van der Waals surface area contributed by atoms with E-state index in [1.165, 1.54) is 11.9 Å². The molecule has 1 aromatic heterocycles. The third-order valence-corrected chi connectivity index (χ3v) is 3.31. The van der Waals surface area contributed by atoms with Crippen molar-refractivity contribution in [3.05, 3.63) is 40.1 Å². The van der Waals surface area contributed by atoms with Gasteiger partial charge in [0.05, 0.1) is 0 Å². The van der Waals surface area contributed by atoms with Crippen molar-refractivity contribution in [1.82, 2.24) is 9.97 Å². The van der Waals surface area contributed by atoms with E-state index < -0.39 is 0 Å². The van der Waals surface area contributed by atoms with Crippen LogP contribution in [0.4, 0.5) is 17.3 Å². The third-order valence-electron chi connectivity index (χ3n) is 2.56. The number of rotatable bonds is 3. The van der Waals surface area contributed by atoms with Crippen molar-refractivity contribution in [3.63, 3.8) is 0 Å². The standard InChI is InChI=1S/C12H14BrN5/c1-7-3-4-9(8(2)5-7)17-11-10(13)12(18-14)16-6-15-11/h3-6H,14H2,1-2H3,(H2,15,16,17,18). The number of hydrazine groups is 1. The molecule has 0 spiro atoms. The number of nitrogens with one attached hydrogen (secondary N) is 2. The Kier molecular flexibility index (Phi) is 3.78. The van der Waals surface area contributed by atoms with E-state index in [9.17, 15) is 0 Å². The molecule has 2 rings (SSSR count). The minimum Gasteiger partial charge on any atom is -0.339 e. The van der Waals surface area contributed by atoms with Crippen LogP contribution in [0.3, 0.4) is 0 Å². The smallest absolute Gasteiger partial charge is 0.159 e. The van der Waals surface area contributed by atoms with Crippen molar-refractivity contribution in [2.24, 2.45) is 5.84 Å². The highest BCUT2D eigenvalue weighted by Gasteiger charge is 2.08. The SMILES string of the molecule is Cc1ccc(Nc2ncnc(NN)c2Br)c(C)c1. The fourth-order valence-electron chi connectivity index (χ4n) is 1.64. The number of nitrogens with zero attached hydrogens (tertiary/aromatic N) is 2. The van der Waals surface area contributed by atoms with E-state index in [1.807, 2.05) is 19.1 Å². The van der Waals surface area contributed by atoms with Gasteiger partial charge in [-0.1, -0.05) is 17.7 Å². The lowest BCUT2D eigenvalue weighted by molar-refractivity contribution is 1.12. The fourth-order valence-corrected chi connectivity index (χ4v) is 2.06. The first kappa shape index (κ1) is 12.8. The van der Waals surface area contributed by atoms with Crippen molar-refractivity contribution >= 4 is 33.3 Å². The largest absolute Gasteiger partial charge is 0.339 e. The van der Waals surface area contributed by atoms with Crippen molar-refractivity contribution in [3.8, 4) is 0 Å². The van der Waals surface area contributed by atoms with E-state index in [2.05, 4.69) is 49.6 Å². The molecule has 0 bridgehead atoms. The van der Waals surface area contributed by atoms with Gasteiger partial charge in [-0.3, -0.25) is 0 Å². The molecule has 1 aromatic carbocycles. The molecule has 18 heavy (non-hydrogen) atoms. The van der Waals surface area contributed by atoms with Crippen molar-refractivity contribution < 1.29 is 0 Å². The second-order valence-corrected chi connectivity index (χ2v) is 4.77. The Morgan fingerprint density at radius 3 is 2.56 bits per heavy atom. The number of hydrogen-bond acceptors (Lipinski definition) is 5. The molecule has 5 nitrogen and oxygen atoms in total. The number of aryl methyl sites for hydroxylation is 2. The topological polar surface area (TPSA) is 75.9 Å². The molecule has 0 unspecified atom stereocenters. The predicted octanol–water partition coefficient (Wildman–Crippen LogP) is 2.89. The van der Waals surface area contributed by atoms with Gasteiger partial charge in [-0.2, -0.15) is 0 Å². The monoisotopic (exact) mass is 307 g/mol. The normalized spacial score (nSPS) is 10.2. The highest BCUT2D eigenvalue weighted by Crippen LogP contribution is 2.29. The molecule has 0 aliphatic carbocycles. The van der Waals surface area contributed by atoms with E-state index >= 15 is 0 Å². The summed E-state index contributed by atoms with van der Waals surface area (Å²) in [6.07, 6.45) is 1.45. The van der Waals surface area contributed by atoms with Gasteiger partial charge in [0.15, 0.2) is 5.82 Å². The zero-order valence-electron chi connectivity index (χ0n) is 10.2. The van der Waals surface area contributed by atoms with Gasteiger partial charge in [0, 0.05) is 5.69 Å². The first-order valence-electron chi connectivity index (χ1n) is 5.43. The zero-order valence-corrected chi connectivity index (χ0v) is 11.7. The van der Waals surface area contributed by atoms with E-state index in [0.29, 0.717) is 16.1 Å². The molecular weight excluding hydrogens is 294 g/mol. The average molecular weight is 308 g/mol. The van der Waals surface area contributed by atoms with Crippen LogP contribution in [-0.2, 0) is 0 Å². The Balaban J connectivity index is 2.34. The molecule has 1 heterocycles. The van der Waals surface area contributed by atoms with Crippen LogP contribution in [0.1, 0.15) is 11.1 Å². The highest BCUT2D eigenvalue weighted by atomic mass is 79.9. The molecule has 2 aromatic rings. The third kappa shape index (κ3) is 2.60. The van der Waals surface area contributed by atoms with Crippen LogP contribution in [-0.4, -0.2) is 9.97 Å². The van der Waals surface area contributed by atoms with Crippen molar-refractivity contribution in [1.29, 1.82) is 0 Å². The number of hydrogen-bond donors (Lipinski definition) is 3. The minimum absolute atomic E-state index is 0.539. The number of nitrogens with two attached hydrogens (primary N) is 1. The number of aromatic nitrogens is 2. The van der Waals surface area contributed by atoms with Crippen LogP contribution in [0.5, 0.6) is 0 Å². The Hall–Kier alpha value is -1.66. The number of anilines is 3. The predicted molar refractivity (Wildman–Crippen MR) is 76.7 cm³/mol. The maximum Gasteiger partial charge on any atom is 0.159 e. The van der Waals surface area contributed by atoms with Gasteiger partial charge in [-0.25, -0.2) is 15.8 Å². The summed E-state index contributed by atoms with van der Waals surface area (Å²) in [5, 5.41) is 3.25. The maximum atomic E-state index is 5.36. The van der Waals surface area contributed by atoms with Crippen molar-refractivity contribution in [2.45, 2.75) is 13.8 Å². The summed E-state index contributed by atoms with van der Waals surface area (Å²) in [5.41, 5.74) is 5.89. The Bertz CT molecular complexity index is 570.